The van der Waals surface area contributed by atoms with Crippen LogP contribution in [0.15, 0.2) is 29.2 Å². The van der Waals surface area contributed by atoms with Crippen molar-refractivity contribution in [2.45, 2.75) is 31.0 Å². The highest BCUT2D eigenvalue weighted by atomic mass is 32.2. The Hall–Kier alpha value is -1.48. The Bertz CT molecular complexity index is 586. The van der Waals surface area contributed by atoms with E-state index in [1.165, 1.54) is 32.0 Å². The Kier molecular flexibility index (Phi) is 5.85. The lowest BCUT2D eigenvalue weighted by Gasteiger charge is -2.24. The Labute approximate surface area is 123 Å². The average molecular weight is 317 g/mol. The highest BCUT2D eigenvalue weighted by molar-refractivity contribution is 7.89. The molecule has 1 aromatic carbocycles. The number of carboxylic acids is 1. The van der Waals surface area contributed by atoms with Gasteiger partial charge in [0.25, 0.3) is 0 Å². The van der Waals surface area contributed by atoms with E-state index >= 15 is 0 Å². The summed E-state index contributed by atoms with van der Waals surface area (Å²) >= 11 is 0. The Morgan fingerprint density at radius 3 is 2.14 bits per heavy atom. The van der Waals surface area contributed by atoms with Crippen molar-refractivity contribution >= 4 is 16.0 Å². The van der Waals surface area contributed by atoms with Crippen LogP contribution < -0.4 is 0 Å². The fourth-order valence-corrected chi connectivity index (χ4v) is 3.45. The number of carbonyl (C=O) groups is 1. The van der Waals surface area contributed by atoms with Crippen molar-refractivity contribution in [3.05, 3.63) is 29.8 Å². The molecule has 0 saturated carbocycles. The first-order valence-corrected chi connectivity index (χ1v) is 7.78. The van der Waals surface area contributed by atoms with E-state index in [0.717, 1.165) is 10.4 Å². The van der Waals surface area contributed by atoms with Crippen LogP contribution in [0.2, 0.25) is 0 Å². The summed E-state index contributed by atoms with van der Waals surface area (Å²) in [5.74, 6) is -1.23. The topological polar surface area (TPSA) is 115 Å². The number of rotatable bonds is 7. The molecule has 0 aromatic heterocycles. The van der Waals surface area contributed by atoms with Crippen LogP contribution in [0.3, 0.4) is 0 Å². The molecule has 0 bridgehead atoms. The first kappa shape index (κ1) is 17.6. The lowest BCUT2D eigenvalue weighted by molar-refractivity contribution is 0.0696. The minimum absolute atomic E-state index is 0.148. The summed E-state index contributed by atoms with van der Waals surface area (Å²) in [4.78, 5) is 10.7. The Morgan fingerprint density at radius 1 is 1.19 bits per heavy atom. The van der Waals surface area contributed by atoms with Crippen molar-refractivity contribution in [2.75, 3.05) is 13.1 Å². The fraction of sp³-hybridized carbons (Fsp3) is 0.462. The number of hydrogen-bond donors (Lipinski definition) is 3. The molecule has 0 aliphatic carbocycles. The fourth-order valence-electron chi connectivity index (χ4n) is 1.80. The van der Waals surface area contributed by atoms with Gasteiger partial charge < -0.3 is 15.3 Å². The molecular formula is C13H19NO6S. The van der Waals surface area contributed by atoms with E-state index in [0.29, 0.717) is 0 Å². The summed E-state index contributed by atoms with van der Waals surface area (Å²) in [6.07, 6.45) is -1.83. The number of aliphatic hydroxyl groups excluding tert-OH is 2. The SMILES string of the molecule is C[C@H](O)CN(C[C@H](C)O)S(=O)(=O)c1cccc(C(=O)O)c1. The zero-order valence-corrected chi connectivity index (χ0v) is 12.6. The van der Waals surface area contributed by atoms with Crippen LogP contribution in [0, 0.1) is 0 Å². The van der Waals surface area contributed by atoms with E-state index in [1.807, 2.05) is 0 Å². The van der Waals surface area contributed by atoms with E-state index in [1.54, 1.807) is 0 Å². The van der Waals surface area contributed by atoms with E-state index in [4.69, 9.17) is 5.11 Å². The molecule has 0 saturated heterocycles. The van der Waals surface area contributed by atoms with Crippen molar-refractivity contribution in [1.29, 1.82) is 0 Å². The van der Waals surface area contributed by atoms with Crippen LogP contribution in [-0.2, 0) is 10.0 Å². The van der Waals surface area contributed by atoms with Crippen molar-refractivity contribution in [3.63, 3.8) is 0 Å². The van der Waals surface area contributed by atoms with Gasteiger partial charge in [-0.25, -0.2) is 13.2 Å². The van der Waals surface area contributed by atoms with Gasteiger partial charge in [0.15, 0.2) is 0 Å². The Morgan fingerprint density at radius 2 is 1.71 bits per heavy atom. The summed E-state index contributed by atoms with van der Waals surface area (Å²) in [5.41, 5.74) is -0.148. The van der Waals surface area contributed by atoms with Crippen LogP contribution in [-0.4, -0.2) is 59.3 Å². The third-order valence-corrected chi connectivity index (χ3v) is 4.48. The number of carboxylic acid groups (broad SMARTS) is 1. The maximum atomic E-state index is 12.5. The molecule has 118 valence electrons. The molecule has 1 rings (SSSR count). The zero-order chi connectivity index (χ0) is 16.2. The van der Waals surface area contributed by atoms with Crippen LogP contribution in [0.25, 0.3) is 0 Å². The second-order valence-electron chi connectivity index (χ2n) is 4.85. The van der Waals surface area contributed by atoms with Gasteiger partial charge in [-0.3, -0.25) is 0 Å². The standard InChI is InChI=1S/C13H19NO6S/c1-9(15)7-14(8-10(2)16)21(19,20)12-5-3-4-11(6-12)13(17)18/h3-6,9-10,15-16H,7-8H2,1-2H3,(H,17,18)/t9-,10-/m0/s1. The first-order chi connectivity index (χ1) is 9.64. The number of aliphatic hydroxyl groups is 2. The molecule has 0 aliphatic rings. The molecule has 1 aromatic rings. The summed E-state index contributed by atoms with van der Waals surface area (Å²) in [7, 11) is -4.00. The molecule has 0 unspecified atom stereocenters. The van der Waals surface area contributed by atoms with Gasteiger partial charge in [-0.15, -0.1) is 0 Å². The molecule has 3 N–H and O–H groups in total. The average Bonchev–Trinajstić information content (AvgIpc) is 2.37. The second-order valence-corrected chi connectivity index (χ2v) is 6.79. The summed E-state index contributed by atoms with van der Waals surface area (Å²) in [6, 6.07) is 4.95. The zero-order valence-electron chi connectivity index (χ0n) is 11.8. The van der Waals surface area contributed by atoms with Crippen molar-refractivity contribution in [3.8, 4) is 0 Å². The van der Waals surface area contributed by atoms with E-state index < -0.39 is 28.2 Å². The van der Waals surface area contributed by atoms with Crippen LogP contribution in [0.5, 0.6) is 0 Å². The van der Waals surface area contributed by atoms with Gasteiger partial charge in [-0.2, -0.15) is 4.31 Å². The molecular weight excluding hydrogens is 298 g/mol. The lowest BCUT2D eigenvalue weighted by Crippen LogP contribution is -2.40. The molecule has 8 heteroatoms. The van der Waals surface area contributed by atoms with Gasteiger partial charge in [0.1, 0.15) is 0 Å². The molecule has 2 atom stereocenters. The third kappa shape index (κ3) is 4.78. The van der Waals surface area contributed by atoms with Crippen molar-refractivity contribution in [1.82, 2.24) is 4.31 Å². The summed E-state index contributed by atoms with van der Waals surface area (Å²) < 4.78 is 25.9. The monoisotopic (exact) mass is 317 g/mol. The van der Waals surface area contributed by atoms with Gasteiger partial charge in [0.2, 0.25) is 10.0 Å². The van der Waals surface area contributed by atoms with Gasteiger partial charge in [0.05, 0.1) is 22.7 Å². The number of hydrogen-bond acceptors (Lipinski definition) is 5. The predicted octanol–water partition coefficient (Wildman–Crippen LogP) is 0.137. The largest absolute Gasteiger partial charge is 0.478 e. The van der Waals surface area contributed by atoms with Crippen LogP contribution >= 0.6 is 0 Å². The number of benzene rings is 1. The maximum absolute atomic E-state index is 12.5. The van der Waals surface area contributed by atoms with Crippen molar-refractivity contribution < 1.29 is 28.5 Å². The van der Waals surface area contributed by atoms with Gasteiger partial charge in [-0.1, -0.05) is 6.07 Å². The minimum atomic E-state index is -4.00. The molecule has 21 heavy (non-hydrogen) atoms. The van der Waals surface area contributed by atoms with Crippen LogP contribution in [0.1, 0.15) is 24.2 Å². The minimum Gasteiger partial charge on any atom is -0.478 e. The quantitative estimate of drug-likeness (QED) is 0.659. The summed E-state index contributed by atoms with van der Waals surface area (Å²) in [5, 5.41) is 27.7. The molecule has 0 spiro atoms. The van der Waals surface area contributed by atoms with E-state index in [-0.39, 0.29) is 23.5 Å². The molecule has 7 nitrogen and oxygen atoms in total. The van der Waals surface area contributed by atoms with Gasteiger partial charge in [0, 0.05) is 13.1 Å². The van der Waals surface area contributed by atoms with Crippen LogP contribution in [0.4, 0.5) is 0 Å². The number of sulfonamides is 1. The first-order valence-electron chi connectivity index (χ1n) is 6.34. The Balaban J connectivity index is 3.21. The summed E-state index contributed by atoms with van der Waals surface area (Å²) in [6.45, 7) is 2.48. The normalized spacial score (nSPS) is 14.9. The molecule has 0 fully saturated rings. The van der Waals surface area contributed by atoms with Crippen molar-refractivity contribution in [2.24, 2.45) is 0 Å². The lowest BCUT2D eigenvalue weighted by atomic mass is 10.2. The third-order valence-electron chi connectivity index (χ3n) is 2.65. The second kappa shape index (κ2) is 6.99. The number of nitrogens with zero attached hydrogens (tertiary/aromatic N) is 1. The predicted molar refractivity (Wildman–Crippen MR) is 75.5 cm³/mol. The molecule has 0 aliphatic heterocycles. The maximum Gasteiger partial charge on any atom is 0.335 e. The highest BCUT2D eigenvalue weighted by Crippen LogP contribution is 2.18. The molecule has 0 heterocycles. The number of aromatic carboxylic acids is 1. The van der Waals surface area contributed by atoms with Gasteiger partial charge in [-0.05, 0) is 32.0 Å². The molecule has 0 radical (unpaired) electrons. The van der Waals surface area contributed by atoms with E-state index in [9.17, 15) is 23.4 Å². The smallest absolute Gasteiger partial charge is 0.335 e. The highest BCUT2D eigenvalue weighted by Gasteiger charge is 2.27. The molecule has 0 amide bonds. The van der Waals surface area contributed by atoms with Gasteiger partial charge >= 0.3 is 5.97 Å². The van der Waals surface area contributed by atoms with E-state index in [2.05, 4.69) is 0 Å².